The van der Waals surface area contributed by atoms with E-state index in [9.17, 15) is 4.79 Å². The highest BCUT2D eigenvalue weighted by molar-refractivity contribution is 6.03. The summed E-state index contributed by atoms with van der Waals surface area (Å²) in [7, 11) is 0. The van der Waals surface area contributed by atoms with Crippen LogP contribution in [0.2, 0.25) is 0 Å². The minimum Gasteiger partial charge on any atom is -0.322 e. The van der Waals surface area contributed by atoms with Gasteiger partial charge in [-0.2, -0.15) is 5.10 Å². The van der Waals surface area contributed by atoms with Crippen LogP contribution < -0.4 is 11.2 Å². The molecule has 0 aliphatic heterocycles. The number of carbonyl (C=O) groups excluding carboxylic acids is 1. The molecule has 1 aliphatic rings. The third-order valence-electron chi connectivity index (χ3n) is 3.08. The predicted octanol–water partition coefficient (Wildman–Crippen LogP) is 1.67. The molecule has 18 heavy (non-hydrogen) atoms. The van der Waals surface area contributed by atoms with Gasteiger partial charge >= 0.3 is 0 Å². The Morgan fingerprint density at radius 2 is 2.22 bits per heavy atom. The maximum Gasteiger partial charge on any atom is 0.252 e. The molecule has 1 unspecified atom stereocenters. The van der Waals surface area contributed by atoms with E-state index in [1.165, 1.54) is 11.9 Å². The predicted molar refractivity (Wildman–Crippen MR) is 72.7 cm³/mol. The molecule has 4 nitrogen and oxygen atoms in total. The fourth-order valence-electron chi connectivity index (χ4n) is 2.28. The summed E-state index contributed by atoms with van der Waals surface area (Å²) < 4.78 is 0. The molecule has 0 saturated carbocycles. The Kier molecular flexibility index (Phi) is 3.77. The molecule has 4 heteroatoms. The van der Waals surface area contributed by atoms with E-state index in [-0.39, 0.29) is 5.91 Å². The van der Waals surface area contributed by atoms with Gasteiger partial charge in [-0.3, -0.25) is 4.79 Å². The molecule has 0 radical (unpaired) electrons. The zero-order chi connectivity index (χ0) is 13.0. The second-order valence-corrected chi connectivity index (χ2v) is 4.63. The number of hydrazone groups is 1. The summed E-state index contributed by atoms with van der Waals surface area (Å²) in [6, 6.07) is 8.18. The van der Waals surface area contributed by atoms with E-state index in [4.69, 9.17) is 5.84 Å². The van der Waals surface area contributed by atoms with E-state index in [1.54, 1.807) is 0 Å². The van der Waals surface area contributed by atoms with Crippen molar-refractivity contribution in [3.8, 4) is 0 Å². The van der Waals surface area contributed by atoms with Crippen LogP contribution in [0, 0.1) is 5.92 Å². The quantitative estimate of drug-likeness (QED) is 0.359. The number of nitrogens with two attached hydrogens (primary N) is 1. The first-order valence-corrected chi connectivity index (χ1v) is 6.01. The number of benzene rings is 1. The van der Waals surface area contributed by atoms with E-state index in [1.807, 2.05) is 24.3 Å². The fraction of sp³-hybridized carbons (Fsp3) is 0.286. The van der Waals surface area contributed by atoms with Crippen LogP contribution in [0.15, 0.2) is 34.9 Å². The molecule has 1 amide bonds. The second kappa shape index (κ2) is 5.49. The molecule has 0 spiro atoms. The highest BCUT2D eigenvalue weighted by atomic mass is 16.1. The lowest BCUT2D eigenvalue weighted by molar-refractivity contribution is -0.116. The first-order valence-electron chi connectivity index (χ1n) is 6.01. The molecule has 3 N–H and O–H groups in total. The molecule has 1 aromatic rings. The standard InChI is InChI=1S/C14H17N3O/c1-10-6-11-4-2-3-5-12(11)8-13(7-10)14(18)16-9-17-15/h2-5,8-10H,6-7,15H2,1H3,(H,16,17,18). The fourth-order valence-corrected chi connectivity index (χ4v) is 2.28. The van der Waals surface area contributed by atoms with Gasteiger partial charge in [0.15, 0.2) is 0 Å². The van der Waals surface area contributed by atoms with Crippen LogP contribution in [0.1, 0.15) is 24.5 Å². The summed E-state index contributed by atoms with van der Waals surface area (Å²) in [4.78, 5) is 11.9. The Morgan fingerprint density at radius 3 is 3.00 bits per heavy atom. The van der Waals surface area contributed by atoms with Gasteiger partial charge in [0, 0.05) is 5.57 Å². The van der Waals surface area contributed by atoms with Crippen LogP contribution in [0.3, 0.4) is 0 Å². The van der Waals surface area contributed by atoms with Crippen LogP contribution >= 0.6 is 0 Å². The van der Waals surface area contributed by atoms with Crippen molar-refractivity contribution in [2.45, 2.75) is 19.8 Å². The molecule has 2 rings (SSSR count). The Morgan fingerprint density at radius 1 is 1.44 bits per heavy atom. The van der Waals surface area contributed by atoms with Crippen LogP contribution in [0.5, 0.6) is 0 Å². The number of fused-ring (bicyclic) bond motifs is 1. The average Bonchev–Trinajstić information content (AvgIpc) is 2.53. The molecule has 0 saturated heterocycles. The van der Waals surface area contributed by atoms with Crippen molar-refractivity contribution in [1.29, 1.82) is 0 Å². The van der Waals surface area contributed by atoms with Crippen LogP contribution in [-0.4, -0.2) is 12.2 Å². The lowest BCUT2D eigenvalue weighted by Gasteiger charge is -2.09. The van der Waals surface area contributed by atoms with Gasteiger partial charge in [0.1, 0.15) is 6.34 Å². The Hall–Kier alpha value is -2.10. The largest absolute Gasteiger partial charge is 0.322 e. The van der Waals surface area contributed by atoms with Crippen molar-refractivity contribution >= 4 is 18.3 Å². The highest BCUT2D eigenvalue weighted by Gasteiger charge is 2.18. The molecule has 0 bridgehead atoms. The van der Waals surface area contributed by atoms with E-state index < -0.39 is 0 Å². The molecule has 1 atom stereocenters. The van der Waals surface area contributed by atoms with Gasteiger partial charge in [-0.05, 0) is 36.0 Å². The smallest absolute Gasteiger partial charge is 0.252 e. The van der Waals surface area contributed by atoms with Crippen molar-refractivity contribution in [2.24, 2.45) is 16.9 Å². The number of rotatable bonds is 2. The lowest BCUT2D eigenvalue weighted by atomic mass is 9.96. The van der Waals surface area contributed by atoms with Crippen molar-refractivity contribution in [3.63, 3.8) is 0 Å². The molecular formula is C14H17N3O. The monoisotopic (exact) mass is 243 g/mol. The van der Waals surface area contributed by atoms with Gasteiger partial charge in [0.25, 0.3) is 5.91 Å². The summed E-state index contributed by atoms with van der Waals surface area (Å²) in [5, 5.41) is 5.83. The Bertz CT molecular complexity index is 506. The zero-order valence-corrected chi connectivity index (χ0v) is 10.4. The van der Waals surface area contributed by atoms with Gasteiger partial charge in [-0.25, -0.2) is 0 Å². The normalized spacial score (nSPS) is 18.9. The molecule has 0 aromatic heterocycles. The van der Waals surface area contributed by atoms with Gasteiger partial charge in [-0.15, -0.1) is 0 Å². The minimum absolute atomic E-state index is 0.132. The van der Waals surface area contributed by atoms with E-state index in [0.717, 1.165) is 24.0 Å². The molecule has 0 fully saturated rings. The van der Waals surface area contributed by atoms with E-state index >= 15 is 0 Å². The number of carbonyl (C=O) groups is 1. The number of nitrogens with zero attached hydrogens (tertiary/aromatic N) is 1. The SMILES string of the molecule is CC1CC(C(=O)NC=NN)=Cc2ccccc2C1. The highest BCUT2D eigenvalue weighted by Crippen LogP contribution is 2.26. The second-order valence-electron chi connectivity index (χ2n) is 4.63. The number of hydrogen-bond acceptors (Lipinski definition) is 3. The number of hydrogen-bond donors (Lipinski definition) is 2. The maximum absolute atomic E-state index is 11.9. The molecular weight excluding hydrogens is 226 g/mol. The average molecular weight is 243 g/mol. The van der Waals surface area contributed by atoms with E-state index in [0.29, 0.717) is 5.92 Å². The summed E-state index contributed by atoms with van der Waals surface area (Å²) in [6.45, 7) is 2.15. The van der Waals surface area contributed by atoms with E-state index in [2.05, 4.69) is 23.4 Å². The summed E-state index contributed by atoms with van der Waals surface area (Å²) >= 11 is 0. The first-order chi connectivity index (χ1) is 8.70. The molecule has 1 aromatic carbocycles. The van der Waals surface area contributed by atoms with Gasteiger partial charge in [0.2, 0.25) is 0 Å². The van der Waals surface area contributed by atoms with Gasteiger partial charge < -0.3 is 11.2 Å². The van der Waals surface area contributed by atoms with Crippen molar-refractivity contribution in [3.05, 3.63) is 41.0 Å². The molecule has 0 heterocycles. The first kappa shape index (κ1) is 12.4. The minimum atomic E-state index is -0.132. The third kappa shape index (κ3) is 2.77. The van der Waals surface area contributed by atoms with Crippen LogP contribution in [0.4, 0.5) is 0 Å². The lowest BCUT2D eigenvalue weighted by Crippen LogP contribution is -2.24. The number of nitrogens with one attached hydrogen (secondary N) is 1. The van der Waals surface area contributed by atoms with Crippen molar-refractivity contribution in [1.82, 2.24) is 5.32 Å². The molecule has 94 valence electrons. The maximum atomic E-state index is 11.9. The summed E-state index contributed by atoms with van der Waals surface area (Å²) in [6.07, 6.45) is 4.93. The summed E-state index contributed by atoms with van der Waals surface area (Å²) in [5.74, 6) is 5.29. The van der Waals surface area contributed by atoms with Crippen LogP contribution in [0.25, 0.3) is 6.08 Å². The Labute approximate surface area is 107 Å². The van der Waals surface area contributed by atoms with Crippen molar-refractivity contribution < 1.29 is 4.79 Å². The zero-order valence-electron chi connectivity index (χ0n) is 10.4. The van der Waals surface area contributed by atoms with Gasteiger partial charge in [-0.1, -0.05) is 31.2 Å². The van der Waals surface area contributed by atoms with Gasteiger partial charge in [0.05, 0.1) is 0 Å². The molecule has 1 aliphatic carbocycles. The summed E-state index contributed by atoms with van der Waals surface area (Å²) in [5.41, 5.74) is 3.18. The van der Waals surface area contributed by atoms with Crippen LogP contribution in [-0.2, 0) is 11.2 Å². The Balaban J connectivity index is 2.30. The number of amides is 1. The topological polar surface area (TPSA) is 67.5 Å². The third-order valence-corrected chi connectivity index (χ3v) is 3.08. The van der Waals surface area contributed by atoms with Crippen molar-refractivity contribution in [2.75, 3.05) is 0 Å².